The Labute approximate surface area is 126 Å². The highest BCUT2D eigenvalue weighted by atomic mass is 16.5. The van der Waals surface area contributed by atoms with Crippen molar-refractivity contribution in [2.24, 2.45) is 0 Å². The summed E-state index contributed by atoms with van der Waals surface area (Å²) in [6.07, 6.45) is 0. The van der Waals surface area contributed by atoms with Crippen LogP contribution in [0.25, 0.3) is 0 Å². The molecule has 2 aromatic carbocycles. The van der Waals surface area contributed by atoms with Crippen molar-refractivity contribution in [3.8, 4) is 11.5 Å². The Kier molecular flexibility index (Phi) is 7.02. The first kappa shape index (κ1) is 16.8. The monoisotopic (exact) mass is 286 g/mol. The van der Waals surface area contributed by atoms with Crippen LogP contribution >= 0.6 is 0 Å². The van der Waals surface area contributed by atoms with Gasteiger partial charge in [-0.1, -0.05) is 13.8 Å². The van der Waals surface area contributed by atoms with Gasteiger partial charge in [0.05, 0.1) is 13.7 Å². The number of ketones is 1. The Morgan fingerprint density at radius 3 is 1.67 bits per heavy atom. The Balaban J connectivity index is 0.00000106. The highest BCUT2D eigenvalue weighted by Crippen LogP contribution is 2.17. The molecule has 0 aliphatic heterocycles. The molecule has 21 heavy (non-hydrogen) atoms. The van der Waals surface area contributed by atoms with Crippen molar-refractivity contribution in [2.45, 2.75) is 20.8 Å². The largest absolute Gasteiger partial charge is 0.497 e. The number of hydrogen-bond acceptors (Lipinski definition) is 3. The minimum absolute atomic E-state index is 0.00861. The lowest BCUT2D eigenvalue weighted by molar-refractivity contribution is 0.103. The molecule has 0 N–H and O–H groups in total. The molecule has 0 aliphatic carbocycles. The number of ether oxygens (including phenoxy) is 2. The zero-order valence-electron chi connectivity index (χ0n) is 13.1. The second-order valence-electron chi connectivity index (χ2n) is 4.02. The normalized spacial score (nSPS) is 9.33. The summed E-state index contributed by atoms with van der Waals surface area (Å²) in [4.78, 5) is 12.2. The van der Waals surface area contributed by atoms with E-state index in [2.05, 4.69) is 0 Å². The molecule has 2 aromatic rings. The van der Waals surface area contributed by atoms with Crippen molar-refractivity contribution in [3.05, 3.63) is 59.7 Å². The first-order valence-corrected chi connectivity index (χ1v) is 7.16. The van der Waals surface area contributed by atoms with E-state index in [4.69, 9.17) is 9.47 Å². The minimum atomic E-state index is -0.00861. The summed E-state index contributed by atoms with van der Waals surface area (Å²) in [5.41, 5.74) is 1.29. The predicted molar refractivity (Wildman–Crippen MR) is 85.4 cm³/mol. The lowest BCUT2D eigenvalue weighted by Crippen LogP contribution is -2.01. The fourth-order valence-corrected chi connectivity index (χ4v) is 1.78. The van der Waals surface area contributed by atoms with Crippen LogP contribution in [0.3, 0.4) is 0 Å². The average molecular weight is 286 g/mol. The van der Waals surface area contributed by atoms with Crippen LogP contribution in [0.5, 0.6) is 11.5 Å². The summed E-state index contributed by atoms with van der Waals surface area (Å²) in [6, 6.07) is 14.2. The average Bonchev–Trinajstić information content (AvgIpc) is 2.57. The first-order valence-electron chi connectivity index (χ1n) is 7.16. The molecular weight excluding hydrogens is 264 g/mol. The molecule has 0 radical (unpaired) electrons. The molecule has 0 spiro atoms. The van der Waals surface area contributed by atoms with Crippen molar-refractivity contribution in [2.75, 3.05) is 13.7 Å². The molecule has 0 saturated heterocycles. The van der Waals surface area contributed by atoms with Gasteiger partial charge in [0, 0.05) is 11.1 Å². The molecule has 0 heterocycles. The SMILES string of the molecule is CC.CCOc1ccc(C(=O)c2ccc(OC)cc2)cc1. The van der Waals surface area contributed by atoms with Gasteiger partial charge >= 0.3 is 0 Å². The maximum atomic E-state index is 12.2. The van der Waals surface area contributed by atoms with Gasteiger partial charge in [-0.25, -0.2) is 0 Å². The van der Waals surface area contributed by atoms with E-state index in [9.17, 15) is 4.79 Å². The summed E-state index contributed by atoms with van der Waals surface area (Å²) in [5.74, 6) is 1.50. The number of rotatable bonds is 5. The molecule has 3 nitrogen and oxygen atoms in total. The predicted octanol–water partition coefficient (Wildman–Crippen LogP) is 4.35. The molecule has 0 amide bonds. The second-order valence-corrected chi connectivity index (χ2v) is 4.02. The number of benzene rings is 2. The van der Waals surface area contributed by atoms with Crippen LogP contribution in [-0.4, -0.2) is 19.5 Å². The van der Waals surface area contributed by atoms with Crippen LogP contribution in [0, 0.1) is 0 Å². The lowest BCUT2D eigenvalue weighted by atomic mass is 10.0. The lowest BCUT2D eigenvalue weighted by Gasteiger charge is -2.05. The van der Waals surface area contributed by atoms with E-state index >= 15 is 0 Å². The standard InChI is InChI=1S/C16H16O3.C2H6/c1-3-19-15-10-6-13(7-11-15)16(17)12-4-8-14(18-2)9-5-12;1-2/h4-11H,3H2,1-2H3;1-2H3. The molecule has 112 valence electrons. The molecule has 0 aromatic heterocycles. The fraction of sp³-hybridized carbons (Fsp3) is 0.278. The molecule has 0 saturated carbocycles. The zero-order valence-corrected chi connectivity index (χ0v) is 13.1. The van der Waals surface area contributed by atoms with Crippen LogP contribution < -0.4 is 9.47 Å². The summed E-state index contributed by atoms with van der Waals surface area (Å²) in [7, 11) is 1.60. The molecule has 0 aliphatic rings. The molecule has 0 fully saturated rings. The zero-order chi connectivity index (χ0) is 15.7. The number of carbonyl (C=O) groups excluding carboxylic acids is 1. The van der Waals surface area contributed by atoms with Gasteiger partial charge in [0.2, 0.25) is 0 Å². The van der Waals surface area contributed by atoms with Crippen LogP contribution in [0.15, 0.2) is 48.5 Å². The van der Waals surface area contributed by atoms with Gasteiger partial charge in [0.1, 0.15) is 11.5 Å². The summed E-state index contributed by atoms with van der Waals surface area (Å²) in [5, 5.41) is 0. The molecule has 0 atom stereocenters. The Hall–Kier alpha value is -2.29. The van der Waals surface area contributed by atoms with Crippen molar-refractivity contribution in [1.29, 1.82) is 0 Å². The topological polar surface area (TPSA) is 35.5 Å². The van der Waals surface area contributed by atoms with Crippen molar-refractivity contribution in [1.82, 2.24) is 0 Å². The molecule has 2 rings (SSSR count). The van der Waals surface area contributed by atoms with E-state index in [1.165, 1.54) is 0 Å². The maximum absolute atomic E-state index is 12.2. The number of carbonyl (C=O) groups is 1. The highest BCUT2D eigenvalue weighted by molar-refractivity contribution is 6.09. The third-order valence-electron chi connectivity index (χ3n) is 2.78. The summed E-state index contributed by atoms with van der Waals surface area (Å²) < 4.78 is 10.4. The molecule has 3 heteroatoms. The fourth-order valence-electron chi connectivity index (χ4n) is 1.78. The van der Waals surface area contributed by atoms with E-state index in [0.717, 1.165) is 11.5 Å². The molecule has 0 unspecified atom stereocenters. The van der Waals surface area contributed by atoms with Crippen molar-refractivity contribution >= 4 is 5.78 Å². The van der Waals surface area contributed by atoms with Gasteiger partial charge < -0.3 is 9.47 Å². The Morgan fingerprint density at radius 1 is 0.857 bits per heavy atom. The quantitative estimate of drug-likeness (QED) is 0.766. The second kappa shape index (κ2) is 8.80. The van der Waals surface area contributed by atoms with Crippen LogP contribution in [0.4, 0.5) is 0 Å². The summed E-state index contributed by atoms with van der Waals surface area (Å²) in [6.45, 7) is 6.54. The van der Waals surface area contributed by atoms with Gasteiger partial charge in [-0.15, -0.1) is 0 Å². The smallest absolute Gasteiger partial charge is 0.193 e. The van der Waals surface area contributed by atoms with E-state index in [0.29, 0.717) is 17.7 Å². The van der Waals surface area contributed by atoms with Gasteiger partial charge in [-0.2, -0.15) is 0 Å². The first-order chi connectivity index (χ1) is 10.2. The Bertz CT molecular complexity index is 542. The third-order valence-corrected chi connectivity index (χ3v) is 2.78. The van der Waals surface area contributed by atoms with Crippen LogP contribution in [-0.2, 0) is 0 Å². The van der Waals surface area contributed by atoms with Crippen LogP contribution in [0.2, 0.25) is 0 Å². The highest BCUT2D eigenvalue weighted by Gasteiger charge is 2.09. The minimum Gasteiger partial charge on any atom is -0.497 e. The van der Waals surface area contributed by atoms with Gasteiger partial charge in [0.25, 0.3) is 0 Å². The van der Waals surface area contributed by atoms with E-state index in [-0.39, 0.29) is 5.78 Å². The van der Waals surface area contributed by atoms with Gasteiger partial charge in [-0.3, -0.25) is 4.79 Å². The number of methoxy groups -OCH3 is 1. The number of hydrogen-bond donors (Lipinski definition) is 0. The van der Waals surface area contributed by atoms with Crippen molar-refractivity contribution < 1.29 is 14.3 Å². The van der Waals surface area contributed by atoms with Crippen LogP contribution in [0.1, 0.15) is 36.7 Å². The Morgan fingerprint density at radius 2 is 1.29 bits per heavy atom. The van der Waals surface area contributed by atoms with Gasteiger partial charge in [-0.05, 0) is 55.5 Å². The van der Waals surface area contributed by atoms with Gasteiger partial charge in [0.15, 0.2) is 5.78 Å². The third kappa shape index (κ3) is 4.63. The van der Waals surface area contributed by atoms with E-state index in [1.54, 1.807) is 55.6 Å². The van der Waals surface area contributed by atoms with Crippen molar-refractivity contribution in [3.63, 3.8) is 0 Å². The maximum Gasteiger partial charge on any atom is 0.193 e. The van der Waals surface area contributed by atoms with E-state index in [1.807, 2.05) is 20.8 Å². The van der Waals surface area contributed by atoms with E-state index < -0.39 is 0 Å². The molecular formula is C18H22O3. The molecule has 0 bridgehead atoms. The summed E-state index contributed by atoms with van der Waals surface area (Å²) >= 11 is 0.